The van der Waals surface area contributed by atoms with Crippen molar-refractivity contribution in [1.29, 1.82) is 0 Å². The molecule has 1 saturated heterocycles. The number of hydrogen-bond donors (Lipinski definition) is 0. The largest absolute Gasteiger partial charge is 0.245 e. The Morgan fingerprint density at radius 2 is 1.85 bits per heavy atom. The molecule has 0 aliphatic carbocycles. The van der Waals surface area contributed by atoms with Gasteiger partial charge in [-0.2, -0.15) is 13.1 Å². The van der Waals surface area contributed by atoms with Gasteiger partial charge >= 0.3 is 0 Å². The maximum atomic E-state index is 13.5. The highest BCUT2D eigenvalue weighted by atomic mass is 35.5. The normalized spacial score (nSPS) is 19.5. The summed E-state index contributed by atoms with van der Waals surface area (Å²) in [7, 11) is -3.68. The van der Waals surface area contributed by atoms with Gasteiger partial charge in [-0.3, -0.25) is 0 Å². The molecular weight excluding hydrogens is 390 g/mol. The SMILES string of the molecule is O=S(=O)(c1cccc2nsnc12)N1CCCCCC1c1ccc(Cl)cc1. The molecule has 0 bridgehead atoms. The van der Waals surface area contributed by atoms with E-state index in [0.29, 0.717) is 22.6 Å². The van der Waals surface area contributed by atoms with Crippen LogP contribution in [0.4, 0.5) is 0 Å². The van der Waals surface area contributed by atoms with Crippen LogP contribution in [0.15, 0.2) is 47.4 Å². The highest BCUT2D eigenvalue weighted by molar-refractivity contribution is 7.89. The van der Waals surface area contributed by atoms with Crippen LogP contribution in [0.25, 0.3) is 11.0 Å². The molecule has 0 N–H and O–H groups in total. The Morgan fingerprint density at radius 1 is 1.04 bits per heavy atom. The van der Waals surface area contributed by atoms with Gasteiger partial charge in [-0.05, 0) is 42.7 Å². The van der Waals surface area contributed by atoms with E-state index in [2.05, 4.69) is 8.75 Å². The van der Waals surface area contributed by atoms with Crippen LogP contribution in [0.2, 0.25) is 5.02 Å². The van der Waals surface area contributed by atoms with E-state index in [1.54, 1.807) is 22.5 Å². The van der Waals surface area contributed by atoms with E-state index in [1.165, 1.54) is 0 Å². The zero-order chi connectivity index (χ0) is 18.1. The Balaban J connectivity index is 1.81. The lowest BCUT2D eigenvalue weighted by Gasteiger charge is -2.29. The molecule has 2 aromatic carbocycles. The molecule has 0 saturated carbocycles. The van der Waals surface area contributed by atoms with Crippen LogP contribution in [0.3, 0.4) is 0 Å². The summed E-state index contributed by atoms with van der Waals surface area (Å²) >= 11 is 7.05. The number of hydrogen-bond acceptors (Lipinski definition) is 5. The van der Waals surface area contributed by atoms with Crippen molar-refractivity contribution in [2.45, 2.75) is 36.6 Å². The molecule has 1 aromatic heterocycles. The second-order valence-electron chi connectivity index (χ2n) is 6.42. The fourth-order valence-corrected chi connectivity index (χ4v) is 6.07. The molecule has 1 unspecified atom stereocenters. The van der Waals surface area contributed by atoms with Crippen LogP contribution in [0, 0.1) is 0 Å². The van der Waals surface area contributed by atoms with E-state index in [1.807, 2.05) is 24.3 Å². The molecule has 136 valence electrons. The Kier molecular flexibility index (Phi) is 4.96. The summed E-state index contributed by atoms with van der Waals surface area (Å²) in [4.78, 5) is 0.240. The van der Waals surface area contributed by atoms with Gasteiger partial charge in [-0.15, -0.1) is 0 Å². The van der Waals surface area contributed by atoms with Crippen LogP contribution in [0.1, 0.15) is 37.3 Å². The summed E-state index contributed by atoms with van der Waals surface area (Å²) < 4.78 is 37.1. The minimum Gasteiger partial charge on any atom is -0.207 e. The average Bonchev–Trinajstić information content (AvgIpc) is 2.98. The number of rotatable bonds is 3. The van der Waals surface area contributed by atoms with Gasteiger partial charge in [-0.1, -0.05) is 42.6 Å². The van der Waals surface area contributed by atoms with Crippen molar-refractivity contribution in [3.05, 3.63) is 53.1 Å². The van der Waals surface area contributed by atoms with E-state index in [9.17, 15) is 8.42 Å². The second-order valence-corrected chi connectivity index (χ2v) is 9.24. The molecule has 8 heteroatoms. The predicted octanol–water partition coefficient (Wildman–Crippen LogP) is 4.65. The minimum atomic E-state index is -3.68. The quantitative estimate of drug-likeness (QED) is 0.633. The van der Waals surface area contributed by atoms with E-state index in [-0.39, 0.29) is 10.9 Å². The van der Waals surface area contributed by atoms with Crippen molar-refractivity contribution < 1.29 is 8.42 Å². The summed E-state index contributed by atoms with van der Waals surface area (Å²) in [6.45, 7) is 0.504. The van der Waals surface area contributed by atoms with Gasteiger partial charge in [-0.25, -0.2) is 8.42 Å². The van der Waals surface area contributed by atoms with Gasteiger partial charge in [0.2, 0.25) is 10.0 Å². The topological polar surface area (TPSA) is 63.2 Å². The molecule has 1 atom stereocenters. The maximum Gasteiger partial charge on any atom is 0.245 e. The summed E-state index contributed by atoms with van der Waals surface area (Å²) in [5, 5.41) is 0.648. The van der Waals surface area contributed by atoms with Gasteiger partial charge < -0.3 is 0 Å². The van der Waals surface area contributed by atoms with Crippen molar-refractivity contribution in [2.24, 2.45) is 0 Å². The van der Waals surface area contributed by atoms with Gasteiger partial charge in [0.15, 0.2) is 0 Å². The highest BCUT2D eigenvalue weighted by Gasteiger charge is 2.34. The Morgan fingerprint density at radius 3 is 2.65 bits per heavy atom. The molecule has 1 fully saturated rings. The summed E-state index contributed by atoms with van der Waals surface area (Å²) in [6.07, 6.45) is 3.68. The number of benzene rings is 2. The van der Waals surface area contributed by atoms with E-state index >= 15 is 0 Å². The lowest BCUT2D eigenvalue weighted by molar-refractivity contribution is 0.329. The molecular formula is C18H18ClN3O2S2. The van der Waals surface area contributed by atoms with Crippen LogP contribution >= 0.6 is 23.3 Å². The van der Waals surface area contributed by atoms with E-state index in [0.717, 1.165) is 43.0 Å². The van der Waals surface area contributed by atoms with Gasteiger partial charge in [0.05, 0.1) is 17.8 Å². The van der Waals surface area contributed by atoms with Crippen LogP contribution in [-0.2, 0) is 10.0 Å². The second kappa shape index (κ2) is 7.23. The standard InChI is InChI=1S/C18H18ClN3O2S2/c19-14-10-8-13(9-11-14)16-6-2-1-3-12-22(16)26(23,24)17-7-4-5-15-18(17)21-25-20-15/h4-5,7-11,16H,1-3,6,12H2. The fraction of sp³-hybridized carbons (Fsp3) is 0.333. The molecule has 5 nitrogen and oxygen atoms in total. The molecule has 26 heavy (non-hydrogen) atoms. The van der Waals surface area contributed by atoms with Crippen LogP contribution in [-0.4, -0.2) is 28.0 Å². The Bertz CT molecular complexity index is 1020. The van der Waals surface area contributed by atoms with E-state index < -0.39 is 10.0 Å². The zero-order valence-electron chi connectivity index (χ0n) is 14.0. The third-order valence-electron chi connectivity index (χ3n) is 4.79. The molecule has 0 spiro atoms. The summed E-state index contributed by atoms with van der Waals surface area (Å²) in [5.74, 6) is 0. The first-order valence-electron chi connectivity index (χ1n) is 8.56. The number of aromatic nitrogens is 2. The molecule has 0 amide bonds. The summed E-state index contributed by atoms with van der Waals surface area (Å²) in [6, 6.07) is 12.4. The van der Waals surface area contributed by atoms with Crippen molar-refractivity contribution in [3.8, 4) is 0 Å². The molecule has 0 radical (unpaired) electrons. The van der Waals surface area contributed by atoms with Gasteiger partial charge in [0.25, 0.3) is 0 Å². The molecule has 4 rings (SSSR count). The van der Waals surface area contributed by atoms with Crippen LogP contribution < -0.4 is 0 Å². The summed E-state index contributed by atoms with van der Waals surface area (Å²) in [5.41, 5.74) is 2.05. The van der Waals surface area contributed by atoms with Crippen molar-refractivity contribution in [1.82, 2.24) is 13.1 Å². The van der Waals surface area contributed by atoms with Crippen molar-refractivity contribution in [3.63, 3.8) is 0 Å². The van der Waals surface area contributed by atoms with Crippen LogP contribution in [0.5, 0.6) is 0 Å². The van der Waals surface area contributed by atoms with Crippen molar-refractivity contribution >= 4 is 44.4 Å². The maximum absolute atomic E-state index is 13.5. The predicted molar refractivity (Wildman–Crippen MR) is 104 cm³/mol. The molecule has 1 aliphatic heterocycles. The lowest BCUT2D eigenvalue weighted by atomic mass is 10.0. The first-order chi connectivity index (χ1) is 12.6. The molecule has 1 aliphatic rings. The lowest BCUT2D eigenvalue weighted by Crippen LogP contribution is -2.35. The highest BCUT2D eigenvalue weighted by Crippen LogP contribution is 2.36. The van der Waals surface area contributed by atoms with Gasteiger partial charge in [0.1, 0.15) is 15.9 Å². The Labute approximate surface area is 162 Å². The number of fused-ring (bicyclic) bond motifs is 1. The third kappa shape index (κ3) is 3.24. The number of halogens is 1. The average molecular weight is 408 g/mol. The number of nitrogens with zero attached hydrogens (tertiary/aromatic N) is 3. The first kappa shape index (κ1) is 17.9. The fourth-order valence-electron chi connectivity index (χ4n) is 3.50. The van der Waals surface area contributed by atoms with E-state index in [4.69, 9.17) is 11.6 Å². The smallest absolute Gasteiger partial charge is 0.207 e. The minimum absolute atomic E-state index is 0.193. The molecule has 3 aromatic rings. The molecule has 2 heterocycles. The van der Waals surface area contributed by atoms with Gasteiger partial charge in [0, 0.05) is 11.6 Å². The Hall–Kier alpha value is -1.54. The zero-order valence-corrected chi connectivity index (χ0v) is 16.4. The monoisotopic (exact) mass is 407 g/mol. The third-order valence-corrected chi connectivity index (χ3v) is 7.53. The number of sulfonamides is 1. The van der Waals surface area contributed by atoms with Crippen molar-refractivity contribution in [2.75, 3.05) is 6.54 Å². The first-order valence-corrected chi connectivity index (χ1v) is 11.1.